The van der Waals surface area contributed by atoms with Crippen LogP contribution in [0.5, 0.6) is 0 Å². The molecule has 0 spiro atoms. The van der Waals surface area contributed by atoms with Gasteiger partial charge in [0.25, 0.3) is 0 Å². The Balaban J connectivity index is 4.11. The molecule has 0 saturated carbocycles. The van der Waals surface area contributed by atoms with E-state index in [0.717, 1.165) is 7.11 Å². The quantitative estimate of drug-likeness (QED) is 0.616. The number of carbonyl (C=O) groups is 1. The molecule has 0 fully saturated rings. The highest BCUT2D eigenvalue weighted by molar-refractivity contribution is 7.52. The molecule has 0 saturated heterocycles. The maximum atomic E-state index is 11.4. The van der Waals surface area contributed by atoms with Crippen molar-refractivity contribution >= 4 is 13.7 Å². The number of hydrogen-bond donors (Lipinski definition) is 2. The van der Waals surface area contributed by atoms with Crippen molar-refractivity contribution < 1.29 is 23.5 Å². The van der Waals surface area contributed by atoms with Gasteiger partial charge in [-0.2, -0.15) is 0 Å². The highest BCUT2D eigenvalue weighted by Crippen LogP contribution is 2.42. The van der Waals surface area contributed by atoms with Gasteiger partial charge in [0.15, 0.2) is 0 Å². The summed E-state index contributed by atoms with van der Waals surface area (Å²) in [6.45, 7) is 1.19. The first-order valence-corrected chi connectivity index (χ1v) is 5.34. The van der Waals surface area contributed by atoms with E-state index in [4.69, 9.17) is 5.11 Å². The summed E-state index contributed by atoms with van der Waals surface area (Å²) in [7, 11) is -2.39. The average Bonchev–Trinajstić information content (AvgIpc) is 2.14. The summed E-state index contributed by atoms with van der Waals surface area (Å²) < 4.78 is 20.6. The Labute approximate surface area is 76.8 Å². The standard InChI is InChI=1S/C6H14NO5P/c1-3-6(9)7-13(10,11-2)12-5-4-8/h8H,3-5H2,1-2H3,(H,7,9,10). The van der Waals surface area contributed by atoms with Gasteiger partial charge in [-0.25, -0.2) is 4.57 Å². The van der Waals surface area contributed by atoms with Gasteiger partial charge in [-0.15, -0.1) is 0 Å². The van der Waals surface area contributed by atoms with Crippen molar-refractivity contribution in [1.29, 1.82) is 0 Å². The molecule has 0 aromatic carbocycles. The minimum absolute atomic E-state index is 0.144. The third kappa shape index (κ3) is 5.00. The zero-order valence-electron chi connectivity index (χ0n) is 7.65. The lowest BCUT2D eigenvalue weighted by atomic mass is 10.5. The number of aliphatic hydroxyl groups excluding tert-OH is 1. The summed E-state index contributed by atoms with van der Waals surface area (Å²) in [6, 6.07) is 0. The minimum atomic E-state index is -3.55. The van der Waals surface area contributed by atoms with Gasteiger partial charge < -0.3 is 5.11 Å². The van der Waals surface area contributed by atoms with Crippen LogP contribution in [0.3, 0.4) is 0 Å². The van der Waals surface area contributed by atoms with Crippen molar-refractivity contribution in [2.45, 2.75) is 13.3 Å². The van der Waals surface area contributed by atoms with Crippen LogP contribution in [-0.2, 0) is 18.4 Å². The Kier molecular flexibility index (Phi) is 5.90. The molecule has 0 rings (SSSR count). The fourth-order valence-electron chi connectivity index (χ4n) is 0.523. The molecule has 0 aromatic rings. The van der Waals surface area contributed by atoms with E-state index in [2.05, 4.69) is 14.1 Å². The van der Waals surface area contributed by atoms with Gasteiger partial charge in [-0.3, -0.25) is 18.9 Å². The second-order valence-electron chi connectivity index (χ2n) is 2.13. The number of hydrogen-bond acceptors (Lipinski definition) is 5. The van der Waals surface area contributed by atoms with Crippen LogP contribution in [0.25, 0.3) is 0 Å². The van der Waals surface area contributed by atoms with Gasteiger partial charge in [-0.1, -0.05) is 6.92 Å². The monoisotopic (exact) mass is 211 g/mol. The first kappa shape index (κ1) is 12.6. The molecule has 1 unspecified atom stereocenters. The Morgan fingerprint density at radius 1 is 1.62 bits per heavy atom. The topological polar surface area (TPSA) is 84.9 Å². The normalized spacial score (nSPS) is 15.0. The molecule has 0 aliphatic rings. The van der Waals surface area contributed by atoms with E-state index in [0.29, 0.717) is 0 Å². The minimum Gasteiger partial charge on any atom is -0.394 e. The van der Waals surface area contributed by atoms with E-state index in [1.807, 2.05) is 0 Å². The Bertz CT molecular complexity index is 207. The predicted molar refractivity (Wildman–Crippen MR) is 46.1 cm³/mol. The van der Waals surface area contributed by atoms with Crippen LogP contribution in [-0.4, -0.2) is 31.3 Å². The third-order valence-electron chi connectivity index (χ3n) is 1.18. The van der Waals surface area contributed by atoms with E-state index >= 15 is 0 Å². The van der Waals surface area contributed by atoms with E-state index in [1.165, 1.54) is 0 Å². The molecule has 78 valence electrons. The molecule has 0 radical (unpaired) electrons. The maximum absolute atomic E-state index is 11.4. The van der Waals surface area contributed by atoms with E-state index in [9.17, 15) is 9.36 Å². The Hall–Kier alpha value is -0.420. The lowest BCUT2D eigenvalue weighted by Gasteiger charge is -2.15. The van der Waals surface area contributed by atoms with Crippen molar-refractivity contribution in [2.75, 3.05) is 20.3 Å². The Morgan fingerprint density at radius 2 is 2.23 bits per heavy atom. The zero-order chi connectivity index (χ0) is 10.3. The molecule has 0 aromatic heterocycles. The molecule has 1 amide bonds. The second kappa shape index (κ2) is 6.10. The van der Waals surface area contributed by atoms with Crippen molar-refractivity contribution in [3.8, 4) is 0 Å². The molecule has 6 nitrogen and oxygen atoms in total. The molecule has 0 bridgehead atoms. The van der Waals surface area contributed by atoms with Crippen LogP contribution >= 0.6 is 7.75 Å². The molecule has 0 aliphatic heterocycles. The fourth-order valence-corrected chi connectivity index (χ4v) is 1.57. The van der Waals surface area contributed by atoms with Gasteiger partial charge in [0.05, 0.1) is 13.2 Å². The average molecular weight is 211 g/mol. The van der Waals surface area contributed by atoms with Crippen LogP contribution in [0.1, 0.15) is 13.3 Å². The molecule has 13 heavy (non-hydrogen) atoms. The maximum Gasteiger partial charge on any atom is 0.434 e. The summed E-state index contributed by atoms with van der Waals surface area (Å²) in [5.41, 5.74) is 0. The van der Waals surface area contributed by atoms with Crippen LogP contribution in [0, 0.1) is 0 Å². The highest BCUT2D eigenvalue weighted by atomic mass is 31.2. The summed E-state index contributed by atoms with van der Waals surface area (Å²) in [5, 5.41) is 10.5. The summed E-state index contributed by atoms with van der Waals surface area (Å²) in [5.74, 6) is -0.428. The second-order valence-corrected chi connectivity index (χ2v) is 3.97. The molecule has 1 atom stereocenters. The first-order chi connectivity index (χ1) is 6.08. The van der Waals surface area contributed by atoms with Gasteiger partial charge in [0, 0.05) is 13.5 Å². The molecule has 7 heteroatoms. The summed E-state index contributed by atoms with van der Waals surface area (Å²) >= 11 is 0. The van der Waals surface area contributed by atoms with Crippen molar-refractivity contribution in [1.82, 2.24) is 5.09 Å². The van der Waals surface area contributed by atoms with E-state index in [-0.39, 0.29) is 19.6 Å². The lowest BCUT2D eigenvalue weighted by molar-refractivity contribution is -0.119. The van der Waals surface area contributed by atoms with Crippen LogP contribution in [0.2, 0.25) is 0 Å². The SMILES string of the molecule is CCC(=O)NP(=O)(OC)OCCO. The van der Waals surface area contributed by atoms with Crippen molar-refractivity contribution in [2.24, 2.45) is 0 Å². The summed E-state index contributed by atoms with van der Waals surface area (Å²) in [4.78, 5) is 10.8. The predicted octanol–water partition coefficient (Wildman–Crippen LogP) is 0.276. The molecular weight excluding hydrogens is 197 g/mol. The largest absolute Gasteiger partial charge is 0.434 e. The van der Waals surface area contributed by atoms with Gasteiger partial charge in [0.1, 0.15) is 0 Å². The van der Waals surface area contributed by atoms with Crippen LogP contribution in [0.4, 0.5) is 0 Å². The molecule has 2 N–H and O–H groups in total. The highest BCUT2D eigenvalue weighted by Gasteiger charge is 2.24. The smallest absolute Gasteiger partial charge is 0.394 e. The summed E-state index contributed by atoms with van der Waals surface area (Å²) in [6.07, 6.45) is 0.190. The lowest BCUT2D eigenvalue weighted by Crippen LogP contribution is -2.21. The fraction of sp³-hybridized carbons (Fsp3) is 0.833. The van der Waals surface area contributed by atoms with Crippen molar-refractivity contribution in [3.05, 3.63) is 0 Å². The number of carbonyl (C=O) groups excluding carboxylic acids is 1. The number of aliphatic hydroxyl groups is 1. The zero-order valence-corrected chi connectivity index (χ0v) is 8.54. The third-order valence-corrected chi connectivity index (χ3v) is 2.70. The van der Waals surface area contributed by atoms with Crippen molar-refractivity contribution in [3.63, 3.8) is 0 Å². The molecule has 0 aliphatic carbocycles. The van der Waals surface area contributed by atoms with Crippen LogP contribution < -0.4 is 5.09 Å². The van der Waals surface area contributed by atoms with Gasteiger partial charge >= 0.3 is 7.75 Å². The van der Waals surface area contributed by atoms with Gasteiger partial charge in [-0.05, 0) is 0 Å². The molecule has 0 heterocycles. The van der Waals surface area contributed by atoms with Gasteiger partial charge in [0.2, 0.25) is 5.91 Å². The molecular formula is C6H14NO5P. The van der Waals surface area contributed by atoms with E-state index in [1.54, 1.807) is 6.92 Å². The first-order valence-electron chi connectivity index (χ1n) is 3.80. The number of rotatable bonds is 6. The van der Waals surface area contributed by atoms with E-state index < -0.39 is 13.7 Å². The number of amides is 1. The van der Waals surface area contributed by atoms with Crippen LogP contribution in [0.15, 0.2) is 0 Å². The Morgan fingerprint density at radius 3 is 2.62 bits per heavy atom. The number of nitrogens with one attached hydrogen (secondary N) is 1.